The van der Waals surface area contributed by atoms with Gasteiger partial charge in [-0.05, 0) is 36.7 Å². The van der Waals surface area contributed by atoms with Crippen LogP contribution in [-0.4, -0.2) is 30.0 Å². The summed E-state index contributed by atoms with van der Waals surface area (Å²) in [6, 6.07) is 7.65. The molecule has 0 radical (unpaired) electrons. The van der Waals surface area contributed by atoms with E-state index in [1.165, 1.54) is 11.9 Å². The van der Waals surface area contributed by atoms with Crippen LogP contribution in [0.4, 0.5) is 0 Å². The Morgan fingerprint density at radius 1 is 1.53 bits per heavy atom. The normalized spacial score (nSPS) is 11.6. The molecule has 1 rings (SSSR count). The molecule has 0 aliphatic rings. The van der Waals surface area contributed by atoms with Crippen LogP contribution >= 0.6 is 23.5 Å². The Labute approximate surface area is 110 Å². The predicted octanol–water partition coefficient (Wildman–Crippen LogP) is 2.15. The topological polar surface area (TPSA) is 44.7 Å². The van der Waals surface area contributed by atoms with E-state index in [0.29, 0.717) is 11.6 Å². The van der Waals surface area contributed by atoms with E-state index in [-0.39, 0.29) is 0 Å². The molecule has 6 heteroatoms. The lowest BCUT2D eigenvalue weighted by atomic mass is 10.2. The zero-order valence-corrected chi connectivity index (χ0v) is 11.3. The number of amides is 1. The molecule has 0 aromatic heterocycles. The van der Waals surface area contributed by atoms with E-state index >= 15 is 0 Å². The van der Waals surface area contributed by atoms with Gasteiger partial charge < -0.3 is 5.32 Å². The molecule has 1 aromatic carbocycles. The third-order valence-electron chi connectivity index (χ3n) is 1.94. The van der Waals surface area contributed by atoms with E-state index in [1.54, 1.807) is 7.05 Å². The maximum Gasteiger partial charge on any atom is 0.235 e. The number of hydrogen-bond donors (Lipinski definition) is 1. The summed E-state index contributed by atoms with van der Waals surface area (Å²) in [5, 5.41) is 4.14. The first-order valence-electron chi connectivity index (χ1n) is 4.98. The molecule has 0 aliphatic carbocycles. The van der Waals surface area contributed by atoms with Gasteiger partial charge in [0.05, 0.1) is 0 Å². The lowest BCUT2D eigenvalue weighted by Gasteiger charge is -2.15. The molecule has 0 unspecified atom stereocenters. The Morgan fingerprint density at radius 3 is 2.71 bits per heavy atom. The molecular formula is C11H14ClN3OS. The van der Waals surface area contributed by atoms with Crippen molar-refractivity contribution in [3.63, 3.8) is 0 Å². The van der Waals surface area contributed by atoms with Gasteiger partial charge in [0.2, 0.25) is 6.41 Å². The highest BCUT2D eigenvalue weighted by Crippen LogP contribution is 2.15. The van der Waals surface area contributed by atoms with Gasteiger partial charge in [-0.2, -0.15) is 4.99 Å². The maximum absolute atomic E-state index is 10.3. The minimum atomic E-state index is 0.523. The minimum Gasteiger partial charge on any atom is -0.367 e. The molecular weight excluding hydrogens is 258 g/mol. The van der Waals surface area contributed by atoms with Crippen molar-refractivity contribution in [1.29, 1.82) is 0 Å². The van der Waals surface area contributed by atoms with Crippen LogP contribution in [0.15, 0.2) is 29.3 Å². The zero-order valence-electron chi connectivity index (χ0n) is 9.68. The first-order valence-corrected chi connectivity index (χ1v) is 6.13. The molecule has 17 heavy (non-hydrogen) atoms. The summed E-state index contributed by atoms with van der Waals surface area (Å²) < 4.78 is 1.97. The lowest BCUT2D eigenvalue weighted by Crippen LogP contribution is -2.21. The fourth-order valence-corrected chi connectivity index (χ4v) is 2.02. The Hall–Kier alpha value is -1.04. The SMILES string of the molecule is CN/C(=N/C=O)SN(C)Cc1ccc(Cl)cc1. The molecule has 1 N–H and O–H groups in total. The van der Waals surface area contributed by atoms with Crippen molar-refractivity contribution in [2.24, 2.45) is 4.99 Å². The van der Waals surface area contributed by atoms with Gasteiger partial charge in [-0.3, -0.25) is 4.79 Å². The third kappa shape index (κ3) is 5.21. The number of carbonyl (C=O) groups excluding carboxylic acids is 1. The molecule has 4 nitrogen and oxygen atoms in total. The van der Waals surface area contributed by atoms with E-state index in [9.17, 15) is 4.79 Å². The number of rotatable bonds is 4. The molecule has 0 heterocycles. The van der Waals surface area contributed by atoms with Crippen molar-refractivity contribution < 1.29 is 4.79 Å². The summed E-state index contributed by atoms with van der Waals surface area (Å²) in [5.74, 6) is 0. The second kappa shape index (κ2) is 7.32. The van der Waals surface area contributed by atoms with Gasteiger partial charge in [-0.1, -0.05) is 23.7 Å². The zero-order chi connectivity index (χ0) is 12.7. The van der Waals surface area contributed by atoms with Gasteiger partial charge in [0.15, 0.2) is 5.17 Å². The highest BCUT2D eigenvalue weighted by molar-refractivity contribution is 8.11. The van der Waals surface area contributed by atoms with E-state index in [1.807, 2.05) is 35.6 Å². The number of nitrogens with zero attached hydrogens (tertiary/aromatic N) is 2. The van der Waals surface area contributed by atoms with Gasteiger partial charge in [0, 0.05) is 18.6 Å². The summed E-state index contributed by atoms with van der Waals surface area (Å²) in [7, 11) is 3.66. The Balaban J connectivity index is 2.54. The van der Waals surface area contributed by atoms with Gasteiger partial charge in [0.25, 0.3) is 0 Å². The van der Waals surface area contributed by atoms with Gasteiger partial charge in [-0.25, -0.2) is 4.31 Å². The first kappa shape index (κ1) is 14.0. The van der Waals surface area contributed by atoms with Crippen molar-refractivity contribution >= 4 is 35.1 Å². The van der Waals surface area contributed by atoms with Crippen LogP contribution in [-0.2, 0) is 11.3 Å². The van der Waals surface area contributed by atoms with Crippen molar-refractivity contribution in [1.82, 2.24) is 9.62 Å². The molecule has 92 valence electrons. The minimum absolute atomic E-state index is 0.523. The standard InChI is InChI=1S/C11H14ClN3OS/c1-13-11(14-8-16)17-15(2)7-9-3-5-10(12)6-4-9/h3-6,8H,7H2,1-2H3,(H,13,14,16). The molecule has 0 saturated carbocycles. The fraction of sp³-hybridized carbons (Fsp3) is 0.273. The number of aliphatic imine (C=N–C) groups is 1. The lowest BCUT2D eigenvalue weighted by molar-refractivity contribution is -0.106. The molecule has 1 amide bonds. The predicted molar refractivity (Wildman–Crippen MR) is 73.1 cm³/mol. The molecule has 0 spiro atoms. The summed E-state index contributed by atoms with van der Waals surface area (Å²) in [5.41, 5.74) is 1.14. The molecule has 0 fully saturated rings. The number of halogens is 1. The van der Waals surface area contributed by atoms with Crippen LogP contribution in [0.25, 0.3) is 0 Å². The van der Waals surface area contributed by atoms with E-state index in [4.69, 9.17) is 11.6 Å². The number of carbonyl (C=O) groups is 1. The van der Waals surface area contributed by atoms with Crippen LogP contribution in [0.5, 0.6) is 0 Å². The maximum atomic E-state index is 10.3. The number of hydrogen-bond acceptors (Lipinski definition) is 3. The Kier molecular flexibility index (Phi) is 6.04. The average molecular weight is 272 g/mol. The monoisotopic (exact) mass is 271 g/mol. The highest BCUT2D eigenvalue weighted by Gasteiger charge is 2.05. The van der Waals surface area contributed by atoms with E-state index in [0.717, 1.165) is 17.1 Å². The van der Waals surface area contributed by atoms with Crippen LogP contribution in [0.2, 0.25) is 5.02 Å². The second-order valence-corrected chi connectivity index (χ2v) is 4.92. The van der Waals surface area contributed by atoms with Crippen molar-refractivity contribution in [2.45, 2.75) is 6.54 Å². The van der Waals surface area contributed by atoms with Gasteiger partial charge >= 0.3 is 0 Å². The molecule has 0 atom stereocenters. The summed E-state index contributed by atoms with van der Waals surface area (Å²) in [6.07, 6.45) is 0.523. The number of benzene rings is 1. The summed E-state index contributed by atoms with van der Waals surface area (Å²) >= 11 is 7.19. The van der Waals surface area contributed by atoms with Gasteiger partial charge in [-0.15, -0.1) is 0 Å². The number of nitrogens with one attached hydrogen (secondary N) is 1. The van der Waals surface area contributed by atoms with Crippen molar-refractivity contribution in [2.75, 3.05) is 14.1 Å². The van der Waals surface area contributed by atoms with Crippen LogP contribution in [0.1, 0.15) is 5.56 Å². The highest BCUT2D eigenvalue weighted by atomic mass is 35.5. The first-order chi connectivity index (χ1) is 8.15. The van der Waals surface area contributed by atoms with Crippen molar-refractivity contribution in [3.8, 4) is 0 Å². The van der Waals surface area contributed by atoms with Crippen LogP contribution in [0.3, 0.4) is 0 Å². The quantitative estimate of drug-likeness (QED) is 0.394. The molecule has 0 saturated heterocycles. The summed E-state index contributed by atoms with van der Waals surface area (Å²) in [6.45, 7) is 0.737. The molecule has 1 aromatic rings. The van der Waals surface area contributed by atoms with Crippen LogP contribution < -0.4 is 5.32 Å². The largest absolute Gasteiger partial charge is 0.367 e. The Morgan fingerprint density at radius 2 is 2.18 bits per heavy atom. The van der Waals surface area contributed by atoms with E-state index in [2.05, 4.69) is 10.3 Å². The van der Waals surface area contributed by atoms with E-state index < -0.39 is 0 Å². The van der Waals surface area contributed by atoms with Crippen LogP contribution in [0, 0.1) is 0 Å². The summed E-state index contributed by atoms with van der Waals surface area (Å²) in [4.78, 5) is 13.9. The second-order valence-electron chi connectivity index (χ2n) is 3.29. The smallest absolute Gasteiger partial charge is 0.235 e. The Bertz CT molecular complexity index is 394. The van der Waals surface area contributed by atoms with Gasteiger partial charge in [0.1, 0.15) is 0 Å². The average Bonchev–Trinajstić information content (AvgIpc) is 2.31. The van der Waals surface area contributed by atoms with Crippen molar-refractivity contribution in [3.05, 3.63) is 34.9 Å². The number of amidine groups is 1. The molecule has 0 bridgehead atoms. The molecule has 0 aliphatic heterocycles. The fourth-order valence-electron chi connectivity index (χ4n) is 1.21. The third-order valence-corrected chi connectivity index (χ3v) is 3.12.